The number of aryl methyl sites for hydroxylation is 2. The predicted molar refractivity (Wildman–Crippen MR) is 78.7 cm³/mol. The van der Waals surface area contributed by atoms with Gasteiger partial charge in [0, 0.05) is 25.1 Å². The summed E-state index contributed by atoms with van der Waals surface area (Å²) in [5, 5.41) is 17.6. The van der Waals surface area contributed by atoms with Crippen molar-refractivity contribution < 1.29 is 13.7 Å². The van der Waals surface area contributed by atoms with Crippen LogP contribution in [0.15, 0.2) is 22.7 Å². The third-order valence-electron chi connectivity index (χ3n) is 3.04. The van der Waals surface area contributed by atoms with Crippen molar-refractivity contribution in [3.63, 3.8) is 0 Å². The highest BCUT2D eigenvalue weighted by Crippen LogP contribution is 2.09. The Bertz CT molecular complexity index is 723. The number of nitrogens with zero attached hydrogens (tertiary/aromatic N) is 3. The van der Waals surface area contributed by atoms with Crippen LogP contribution >= 0.6 is 0 Å². The molecule has 2 amide bonds. The monoisotopic (exact) mass is 317 g/mol. The van der Waals surface area contributed by atoms with E-state index in [-0.39, 0.29) is 12.1 Å². The molecule has 1 heterocycles. The summed E-state index contributed by atoms with van der Waals surface area (Å²) < 4.78 is 18.5. The predicted octanol–water partition coefficient (Wildman–Crippen LogP) is 1.82. The molecule has 0 bridgehead atoms. The summed E-state index contributed by atoms with van der Waals surface area (Å²) in [5.41, 5.74) is 0.610. The number of amides is 2. The number of hydrogen-bond acceptors (Lipinski definition) is 5. The van der Waals surface area contributed by atoms with Crippen molar-refractivity contribution >= 4 is 6.03 Å². The molecule has 0 aliphatic rings. The molecule has 0 saturated carbocycles. The molecule has 0 aliphatic carbocycles. The van der Waals surface area contributed by atoms with Crippen LogP contribution in [0.3, 0.4) is 0 Å². The van der Waals surface area contributed by atoms with Gasteiger partial charge in [-0.3, -0.25) is 0 Å². The third-order valence-corrected chi connectivity index (χ3v) is 3.04. The van der Waals surface area contributed by atoms with Crippen LogP contribution in [0.25, 0.3) is 0 Å². The largest absolute Gasteiger partial charge is 0.339 e. The SMILES string of the molecule is Cc1noc(CCCNC(=O)NCc2cc(C#N)ccc2F)n1. The van der Waals surface area contributed by atoms with Crippen LogP contribution in [-0.2, 0) is 13.0 Å². The van der Waals surface area contributed by atoms with Crippen molar-refractivity contribution in [2.45, 2.75) is 26.3 Å². The maximum Gasteiger partial charge on any atom is 0.315 e. The molecule has 1 aromatic carbocycles. The maximum absolute atomic E-state index is 13.5. The first-order valence-electron chi connectivity index (χ1n) is 7.08. The van der Waals surface area contributed by atoms with Gasteiger partial charge in [0.15, 0.2) is 5.82 Å². The molecule has 0 aliphatic heterocycles. The topological polar surface area (TPSA) is 104 Å². The van der Waals surface area contributed by atoms with E-state index in [2.05, 4.69) is 20.8 Å². The molecular formula is C15H16FN5O2. The summed E-state index contributed by atoms with van der Waals surface area (Å²) in [6.07, 6.45) is 1.22. The molecule has 0 spiro atoms. The molecule has 0 atom stereocenters. The fraction of sp³-hybridized carbons (Fsp3) is 0.333. The zero-order valence-electron chi connectivity index (χ0n) is 12.6. The summed E-state index contributed by atoms with van der Waals surface area (Å²) in [6, 6.07) is 5.52. The number of nitriles is 1. The highest BCUT2D eigenvalue weighted by atomic mass is 19.1. The first-order valence-corrected chi connectivity index (χ1v) is 7.08. The Kier molecular flexibility index (Phi) is 5.63. The minimum atomic E-state index is -0.462. The van der Waals surface area contributed by atoms with Crippen LogP contribution in [0.1, 0.15) is 29.3 Å². The minimum absolute atomic E-state index is 0.00996. The molecule has 7 nitrogen and oxygen atoms in total. The van der Waals surface area contributed by atoms with E-state index in [1.165, 1.54) is 18.2 Å². The molecule has 1 aromatic heterocycles. The summed E-state index contributed by atoms with van der Waals surface area (Å²) in [7, 11) is 0. The van der Waals surface area contributed by atoms with Crippen LogP contribution in [-0.4, -0.2) is 22.7 Å². The van der Waals surface area contributed by atoms with Crippen molar-refractivity contribution in [3.05, 3.63) is 46.9 Å². The zero-order chi connectivity index (χ0) is 16.7. The maximum atomic E-state index is 13.5. The van der Waals surface area contributed by atoms with Crippen molar-refractivity contribution in [3.8, 4) is 6.07 Å². The summed E-state index contributed by atoms with van der Waals surface area (Å²) in [4.78, 5) is 15.7. The highest BCUT2D eigenvalue weighted by molar-refractivity contribution is 5.73. The number of urea groups is 1. The van der Waals surface area contributed by atoms with Gasteiger partial charge in [-0.05, 0) is 31.5 Å². The fourth-order valence-corrected chi connectivity index (χ4v) is 1.90. The molecule has 23 heavy (non-hydrogen) atoms. The lowest BCUT2D eigenvalue weighted by Crippen LogP contribution is -2.35. The average molecular weight is 317 g/mol. The Morgan fingerprint density at radius 2 is 2.26 bits per heavy atom. The van der Waals surface area contributed by atoms with Crippen LogP contribution in [0.5, 0.6) is 0 Å². The van der Waals surface area contributed by atoms with Crippen LogP contribution in [0.4, 0.5) is 9.18 Å². The Hall–Kier alpha value is -2.95. The van der Waals surface area contributed by atoms with E-state index in [1.54, 1.807) is 6.92 Å². The quantitative estimate of drug-likeness (QED) is 0.791. The number of carbonyl (C=O) groups excluding carboxylic acids is 1. The molecule has 2 aromatic rings. The van der Waals surface area contributed by atoms with Gasteiger partial charge in [0.05, 0.1) is 11.6 Å². The Morgan fingerprint density at radius 1 is 1.43 bits per heavy atom. The number of nitrogens with one attached hydrogen (secondary N) is 2. The van der Waals surface area contributed by atoms with E-state index < -0.39 is 11.8 Å². The molecule has 8 heteroatoms. The number of halogens is 1. The van der Waals surface area contributed by atoms with E-state index in [4.69, 9.17) is 9.78 Å². The molecule has 2 N–H and O–H groups in total. The molecular weight excluding hydrogens is 301 g/mol. The fourth-order valence-electron chi connectivity index (χ4n) is 1.90. The molecule has 2 rings (SSSR count). The van der Waals surface area contributed by atoms with Crippen molar-refractivity contribution in [2.24, 2.45) is 0 Å². The van der Waals surface area contributed by atoms with E-state index >= 15 is 0 Å². The van der Waals surface area contributed by atoms with Crippen LogP contribution in [0, 0.1) is 24.1 Å². The Labute approximate surface area is 132 Å². The average Bonchev–Trinajstić information content (AvgIpc) is 2.96. The number of aromatic nitrogens is 2. The van der Waals surface area contributed by atoms with E-state index in [0.717, 1.165) is 0 Å². The molecule has 0 unspecified atom stereocenters. The third kappa shape index (κ3) is 5.07. The second-order valence-corrected chi connectivity index (χ2v) is 4.87. The first-order chi connectivity index (χ1) is 11.1. The smallest absolute Gasteiger partial charge is 0.315 e. The summed E-state index contributed by atoms with van der Waals surface area (Å²) in [6.45, 7) is 2.17. The number of carbonyl (C=O) groups is 1. The van der Waals surface area contributed by atoms with E-state index in [0.29, 0.717) is 36.7 Å². The van der Waals surface area contributed by atoms with Gasteiger partial charge < -0.3 is 15.2 Å². The van der Waals surface area contributed by atoms with E-state index in [1.807, 2.05) is 6.07 Å². The van der Waals surface area contributed by atoms with E-state index in [9.17, 15) is 9.18 Å². The second kappa shape index (κ2) is 7.89. The van der Waals surface area contributed by atoms with Crippen LogP contribution in [0.2, 0.25) is 0 Å². The van der Waals surface area contributed by atoms with Gasteiger partial charge in [0.2, 0.25) is 5.89 Å². The standard InChI is InChI=1S/C15H16FN5O2/c1-10-20-14(23-21-10)3-2-6-18-15(22)19-9-12-7-11(8-17)4-5-13(12)16/h4-5,7H,2-3,6,9H2,1H3,(H2,18,19,22). The second-order valence-electron chi connectivity index (χ2n) is 4.87. The molecule has 0 fully saturated rings. The van der Waals surface area contributed by atoms with Gasteiger partial charge >= 0.3 is 6.03 Å². The van der Waals surface area contributed by atoms with Gasteiger partial charge in [0.1, 0.15) is 5.82 Å². The van der Waals surface area contributed by atoms with Gasteiger partial charge in [-0.25, -0.2) is 9.18 Å². The molecule has 0 saturated heterocycles. The lowest BCUT2D eigenvalue weighted by Gasteiger charge is -2.08. The van der Waals surface area contributed by atoms with Gasteiger partial charge in [-0.15, -0.1) is 0 Å². The first kappa shape index (κ1) is 16.4. The van der Waals surface area contributed by atoms with Gasteiger partial charge in [0.25, 0.3) is 0 Å². The van der Waals surface area contributed by atoms with Gasteiger partial charge in [-0.2, -0.15) is 10.2 Å². The highest BCUT2D eigenvalue weighted by Gasteiger charge is 2.07. The molecule has 0 radical (unpaired) electrons. The number of rotatable bonds is 6. The Morgan fingerprint density at radius 3 is 2.96 bits per heavy atom. The molecule has 120 valence electrons. The number of benzene rings is 1. The Balaban J connectivity index is 1.70. The van der Waals surface area contributed by atoms with Crippen LogP contribution < -0.4 is 10.6 Å². The lowest BCUT2D eigenvalue weighted by atomic mass is 10.1. The van der Waals surface area contributed by atoms with Crippen molar-refractivity contribution in [2.75, 3.05) is 6.54 Å². The summed E-state index contributed by atoms with van der Waals surface area (Å²) >= 11 is 0. The zero-order valence-corrected chi connectivity index (χ0v) is 12.6. The normalized spacial score (nSPS) is 10.1. The van der Waals surface area contributed by atoms with Crippen molar-refractivity contribution in [1.82, 2.24) is 20.8 Å². The van der Waals surface area contributed by atoms with Crippen molar-refractivity contribution in [1.29, 1.82) is 5.26 Å². The summed E-state index contributed by atoms with van der Waals surface area (Å²) in [5.74, 6) is 0.642. The number of hydrogen-bond donors (Lipinski definition) is 2. The minimum Gasteiger partial charge on any atom is -0.339 e. The van der Waals surface area contributed by atoms with Gasteiger partial charge in [-0.1, -0.05) is 5.16 Å². The lowest BCUT2D eigenvalue weighted by molar-refractivity contribution is 0.240.